The molecule has 0 aliphatic rings. The van der Waals surface area contributed by atoms with E-state index in [1.54, 1.807) is 13.2 Å². The quantitative estimate of drug-likeness (QED) is 0.690. The molecule has 0 spiro atoms. The highest BCUT2D eigenvalue weighted by Crippen LogP contribution is 2.19. The zero-order valence-corrected chi connectivity index (χ0v) is 15.7. The molecule has 0 aromatic carbocycles. The number of pyridine rings is 1. The Morgan fingerprint density at radius 2 is 2.12 bits per heavy atom. The van der Waals surface area contributed by atoms with Crippen molar-refractivity contribution >= 4 is 16.9 Å². The summed E-state index contributed by atoms with van der Waals surface area (Å²) in [5.41, 5.74) is 0.0527. The average molecular weight is 362 g/mol. The molecule has 0 aliphatic heterocycles. The number of aryl methyl sites for hydroxylation is 1. The first-order valence-electron chi connectivity index (χ1n) is 8.85. The van der Waals surface area contributed by atoms with Crippen molar-refractivity contribution in [3.8, 4) is 0 Å². The third kappa shape index (κ3) is 4.19. The van der Waals surface area contributed by atoms with E-state index in [9.17, 15) is 14.4 Å². The molecular weight excluding hydrogens is 336 g/mol. The van der Waals surface area contributed by atoms with Crippen molar-refractivity contribution in [1.82, 2.24) is 19.9 Å². The molecule has 0 atom stereocenters. The fourth-order valence-corrected chi connectivity index (χ4v) is 2.71. The molecule has 2 aromatic rings. The van der Waals surface area contributed by atoms with E-state index >= 15 is 0 Å². The summed E-state index contributed by atoms with van der Waals surface area (Å²) in [6, 6.07) is 1.63. The minimum absolute atomic E-state index is 0.0453. The summed E-state index contributed by atoms with van der Waals surface area (Å²) in [5, 5.41) is 2.94. The van der Waals surface area contributed by atoms with Gasteiger partial charge in [-0.05, 0) is 24.8 Å². The normalized spacial score (nSPS) is 11.3. The summed E-state index contributed by atoms with van der Waals surface area (Å²) in [6.07, 6.45) is 1.37. The summed E-state index contributed by atoms with van der Waals surface area (Å²) in [4.78, 5) is 44.1. The van der Waals surface area contributed by atoms with Gasteiger partial charge < -0.3 is 10.1 Å². The topological polar surface area (TPSA) is 106 Å². The number of hydrogen-bond acceptors (Lipinski definition) is 5. The third-order valence-corrected chi connectivity index (χ3v) is 4.06. The van der Waals surface area contributed by atoms with Crippen LogP contribution in [-0.4, -0.2) is 40.7 Å². The van der Waals surface area contributed by atoms with Gasteiger partial charge in [0.1, 0.15) is 0 Å². The first-order valence-corrected chi connectivity index (χ1v) is 8.85. The highest BCUT2D eigenvalue weighted by molar-refractivity contribution is 6.05. The second-order valence-corrected chi connectivity index (χ2v) is 6.46. The second-order valence-electron chi connectivity index (χ2n) is 6.46. The summed E-state index contributed by atoms with van der Waals surface area (Å²) in [5.74, 6) is -0.313. The number of H-pyrrole nitrogens is 1. The highest BCUT2D eigenvalue weighted by atomic mass is 16.5. The lowest BCUT2D eigenvalue weighted by Crippen LogP contribution is -2.34. The molecule has 0 saturated carbocycles. The Bertz CT molecular complexity index is 898. The molecule has 2 heterocycles. The molecule has 1 amide bonds. The third-order valence-electron chi connectivity index (χ3n) is 4.06. The molecule has 8 heteroatoms. The molecule has 0 aliphatic carbocycles. The maximum absolute atomic E-state index is 12.7. The zero-order valence-electron chi connectivity index (χ0n) is 15.7. The molecule has 0 saturated heterocycles. The first-order chi connectivity index (χ1) is 12.4. The lowest BCUT2D eigenvalue weighted by Gasteiger charge is -2.14. The fourth-order valence-electron chi connectivity index (χ4n) is 2.71. The Hall–Kier alpha value is -2.48. The van der Waals surface area contributed by atoms with Gasteiger partial charge in [0, 0.05) is 32.5 Å². The number of nitrogens with one attached hydrogen (secondary N) is 2. The van der Waals surface area contributed by atoms with Crippen molar-refractivity contribution in [3.05, 3.63) is 38.2 Å². The van der Waals surface area contributed by atoms with E-state index in [1.807, 2.05) is 20.8 Å². The van der Waals surface area contributed by atoms with Gasteiger partial charge in [-0.15, -0.1) is 0 Å². The van der Waals surface area contributed by atoms with Crippen LogP contribution in [0.2, 0.25) is 0 Å². The Kier molecular flexibility index (Phi) is 6.68. The van der Waals surface area contributed by atoms with E-state index in [2.05, 4.69) is 15.3 Å². The van der Waals surface area contributed by atoms with E-state index in [4.69, 9.17) is 4.74 Å². The van der Waals surface area contributed by atoms with Gasteiger partial charge in [-0.2, -0.15) is 0 Å². The van der Waals surface area contributed by atoms with E-state index in [0.717, 1.165) is 0 Å². The van der Waals surface area contributed by atoms with E-state index < -0.39 is 11.2 Å². The number of rotatable bonds is 8. The fraction of sp³-hybridized carbons (Fsp3) is 0.556. The number of carbonyl (C=O) groups excluding carboxylic acids is 1. The van der Waals surface area contributed by atoms with Crippen LogP contribution in [0.1, 0.15) is 55.6 Å². The van der Waals surface area contributed by atoms with Gasteiger partial charge in [0.25, 0.3) is 11.5 Å². The minimum Gasteiger partial charge on any atom is -0.385 e. The van der Waals surface area contributed by atoms with Crippen LogP contribution in [0.5, 0.6) is 0 Å². The van der Waals surface area contributed by atoms with Gasteiger partial charge in [-0.1, -0.05) is 20.8 Å². The van der Waals surface area contributed by atoms with Gasteiger partial charge >= 0.3 is 5.69 Å². The van der Waals surface area contributed by atoms with Crippen LogP contribution in [0.15, 0.2) is 15.7 Å². The number of ether oxygens (including phenoxy) is 1. The van der Waals surface area contributed by atoms with Crippen LogP contribution in [0.4, 0.5) is 0 Å². The van der Waals surface area contributed by atoms with Gasteiger partial charge in [0.15, 0.2) is 5.65 Å². The van der Waals surface area contributed by atoms with Crippen molar-refractivity contribution in [2.24, 2.45) is 0 Å². The number of aromatic amines is 1. The number of amides is 1. The molecular formula is C18H26N4O4. The standard InChI is InChI=1S/C18H26N4O4/c1-5-8-22-15-14(17(24)21-18(22)25)12(10-13(20-15)11(2)3)16(23)19-7-6-9-26-4/h10-11H,5-9H2,1-4H3,(H,19,23)(H,21,24,25). The molecule has 2 aromatic heterocycles. The van der Waals surface area contributed by atoms with Crippen LogP contribution < -0.4 is 16.6 Å². The Labute approximate surface area is 151 Å². The lowest BCUT2D eigenvalue weighted by molar-refractivity contribution is 0.0950. The maximum Gasteiger partial charge on any atom is 0.329 e. The Morgan fingerprint density at radius 1 is 1.38 bits per heavy atom. The minimum atomic E-state index is -0.595. The van der Waals surface area contributed by atoms with Gasteiger partial charge in [-0.25, -0.2) is 9.78 Å². The van der Waals surface area contributed by atoms with Gasteiger partial charge in [-0.3, -0.25) is 19.1 Å². The molecule has 2 N–H and O–H groups in total. The van der Waals surface area contributed by atoms with Crippen molar-refractivity contribution in [2.45, 2.75) is 46.1 Å². The summed E-state index contributed by atoms with van der Waals surface area (Å²) in [6.45, 7) is 7.20. The van der Waals surface area contributed by atoms with Gasteiger partial charge in [0.2, 0.25) is 0 Å². The molecule has 0 fully saturated rings. The monoisotopic (exact) mass is 362 g/mol. The number of methoxy groups -OCH3 is 1. The summed E-state index contributed by atoms with van der Waals surface area (Å²) in [7, 11) is 1.60. The Balaban J connectivity index is 2.64. The van der Waals surface area contributed by atoms with E-state index in [0.29, 0.717) is 38.2 Å². The van der Waals surface area contributed by atoms with Gasteiger partial charge in [0.05, 0.1) is 10.9 Å². The summed E-state index contributed by atoms with van der Waals surface area (Å²) >= 11 is 0. The van der Waals surface area contributed by atoms with Crippen molar-refractivity contribution in [1.29, 1.82) is 0 Å². The second kappa shape index (κ2) is 8.75. The predicted octanol–water partition coefficient (Wildman–Crippen LogP) is 1.38. The van der Waals surface area contributed by atoms with Crippen LogP contribution in [0.3, 0.4) is 0 Å². The molecule has 8 nitrogen and oxygen atoms in total. The first kappa shape index (κ1) is 19.8. The number of carbonyl (C=O) groups is 1. The van der Waals surface area contributed by atoms with Crippen LogP contribution in [0, 0.1) is 0 Å². The number of hydrogen-bond donors (Lipinski definition) is 2. The van der Waals surface area contributed by atoms with Crippen LogP contribution in [-0.2, 0) is 11.3 Å². The maximum atomic E-state index is 12.7. The molecule has 0 radical (unpaired) electrons. The van der Waals surface area contributed by atoms with Crippen molar-refractivity contribution in [3.63, 3.8) is 0 Å². The molecule has 0 bridgehead atoms. The molecule has 142 valence electrons. The van der Waals surface area contributed by atoms with E-state index in [-0.39, 0.29) is 28.4 Å². The van der Waals surface area contributed by atoms with E-state index in [1.165, 1.54) is 4.57 Å². The highest BCUT2D eigenvalue weighted by Gasteiger charge is 2.20. The largest absolute Gasteiger partial charge is 0.385 e. The van der Waals surface area contributed by atoms with Crippen LogP contribution >= 0.6 is 0 Å². The SMILES string of the molecule is CCCn1c(=O)[nH]c(=O)c2c(C(=O)NCCCOC)cc(C(C)C)nc21. The smallest absolute Gasteiger partial charge is 0.329 e. The molecule has 0 unspecified atom stereocenters. The number of nitrogens with zero attached hydrogens (tertiary/aromatic N) is 2. The average Bonchev–Trinajstić information content (AvgIpc) is 2.60. The Morgan fingerprint density at radius 3 is 2.73 bits per heavy atom. The zero-order chi connectivity index (χ0) is 19.3. The predicted molar refractivity (Wildman–Crippen MR) is 99.8 cm³/mol. The molecule has 2 rings (SSSR count). The number of fused-ring (bicyclic) bond motifs is 1. The van der Waals surface area contributed by atoms with Crippen molar-refractivity contribution in [2.75, 3.05) is 20.3 Å². The molecule has 26 heavy (non-hydrogen) atoms. The summed E-state index contributed by atoms with van der Waals surface area (Å²) < 4.78 is 6.39. The lowest BCUT2D eigenvalue weighted by atomic mass is 10.0. The van der Waals surface area contributed by atoms with Crippen molar-refractivity contribution < 1.29 is 9.53 Å². The van der Waals surface area contributed by atoms with Crippen LogP contribution in [0.25, 0.3) is 11.0 Å². The number of aromatic nitrogens is 3.